The summed E-state index contributed by atoms with van der Waals surface area (Å²) >= 11 is 5.99. The number of ketones is 1. The van der Waals surface area contributed by atoms with Crippen molar-refractivity contribution >= 4 is 29.1 Å². The third kappa shape index (κ3) is 4.08. The number of aryl methyl sites for hydroxylation is 1. The Labute approximate surface area is 195 Å². The van der Waals surface area contributed by atoms with Crippen molar-refractivity contribution in [2.24, 2.45) is 0 Å². The lowest BCUT2D eigenvalue weighted by molar-refractivity contribution is -0.384. The van der Waals surface area contributed by atoms with E-state index in [1.54, 1.807) is 18.2 Å². The van der Waals surface area contributed by atoms with Crippen molar-refractivity contribution in [1.29, 1.82) is 0 Å². The number of fused-ring (bicyclic) bond motifs is 3. The Morgan fingerprint density at radius 2 is 1.88 bits per heavy atom. The molecule has 0 amide bonds. The maximum absolute atomic E-state index is 13.1. The van der Waals surface area contributed by atoms with Crippen molar-refractivity contribution in [3.63, 3.8) is 0 Å². The average Bonchev–Trinajstić information content (AvgIpc) is 3.13. The molecule has 0 spiro atoms. The molecule has 8 heteroatoms. The number of nitro benzene ring substituents is 1. The maximum atomic E-state index is 13.1. The van der Waals surface area contributed by atoms with Gasteiger partial charge in [-0.25, -0.2) is 0 Å². The molecular formula is C25H19ClN2O5. The van der Waals surface area contributed by atoms with Crippen molar-refractivity contribution in [2.45, 2.75) is 20.0 Å². The topological polar surface area (TPSA) is 81.9 Å². The Morgan fingerprint density at radius 3 is 2.58 bits per heavy atom. The van der Waals surface area contributed by atoms with Gasteiger partial charge in [0.15, 0.2) is 5.76 Å². The highest BCUT2D eigenvalue weighted by Crippen LogP contribution is 2.44. The predicted molar refractivity (Wildman–Crippen MR) is 123 cm³/mol. The zero-order valence-electron chi connectivity index (χ0n) is 17.7. The molecule has 0 fully saturated rings. The van der Waals surface area contributed by atoms with Gasteiger partial charge >= 0.3 is 0 Å². The van der Waals surface area contributed by atoms with Crippen LogP contribution < -0.4 is 9.47 Å². The fraction of sp³-hybridized carbons (Fsp3) is 0.160. The number of rotatable bonds is 4. The molecule has 166 valence electrons. The van der Waals surface area contributed by atoms with Crippen molar-refractivity contribution in [2.75, 3.05) is 6.73 Å². The first-order valence-electron chi connectivity index (χ1n) is 10.3. The molecule has 3 aromatic rings. The minimum Gasteiger partial charge on any atom is -0.478 e. The minimum absolute atomic E-state index is 0.0121. The quantitative estimate of drug-likeness (QED) is 0.288. The summed E-state index contributed by atoms with van der Waals surface area (Å²) in [6.45, 7) is 3.52. The highest BCUT2D eigenvalue weighted by atomic mass is 35.5. The van der Waals surface area contributed by atoms with Gasteiger partial charge in [-0.2, -0.15) is 0 Å². The van der Waals surface area contributed by atoms with E-state index in [1.165, 1.54) is 12.1 Å². The van der Waals surface area contributed by atoms with Crippen LogP contribution in [0.4, 0.5) is 5.69 Å². The zero-order chi connectivity index (χ0) is 23.1. The van der Waals surface area contributed by atoms with Crippen LogP contribution in [-0.4, -0.2) is 22.3 Å². The minimum atomic E-state index is -0.463. The van der Waals surface area contributed by atoms with Crippen molar-refractivity contribution < 1.29 is 19.2 Å². The molecule has 33 heavy (non-hydrogen) atoms. The number of Topliss-reactive ketones (excluding diaryl/α,β-unsaturated/α-hetero) is 1. The monoisotopic (exact) mass is 462 g/mol. The Morgan fingerprint density at radius 1 is 1.15 bits per heavy atom. The number of benzene rings is 3. The van der Waals surface area contributed by atoms with Gasteiger partial charge in [0.2, 0.25) is 5.78 Å². The molecule has 0 N–H and O–H groups in total. The lowest BCUT2D eigenvalue weighted by Gasteiger charge is -2.30. The summed E-state index contributed by atoms with van der Waals surface area (Å²) < 4.78 is 12.0. The molecule has 0 bridgehead atoms. The van der Waals surface area contributed by atoms with Crippen LogP contribution in [-0.2, 0) is 13.1 Å². The van der Waals surface area contributed by atoms with Crippen LogP contribution in [0.3, 0.4) is 0 Å². The predicted octanol–water partition coefficient (Wildman–Crippen LogP) is 5.52. The molecule has 0 saturated carbocycles. The van der Waals surface area contributed by atoms with Gasteiger partial charge in [-0.3, -0.25) is 19.8 Å². The standard InChI is InChI=1S/C25H19ClN2O5/c1-15-10-21-20(13-27(14-32-21)12-17-2-6-18(26)7-3-17)25-23(15)24(29)22(33-25)11-16-4-8-19(9-5-16)28(30)31/h2-11H,12-14H2,1H3/b22-11-. The lowest BCUT2D eigenvalue weighted by atomic mass is 9.98. The van der Waals surface area contributed by atoms with Gasteiger partial charge in [0.25, 0.3) is 5.69 Å². The largest absolute Gasteiger partial charge is 0.478 e. The molecule has 2 aliphatic rings. The van der Waals surface area contributed by atoms with Gasteiger partial charge in [-0.1, -0.05) is 23.7 Å². The molecule has 5 rings (SSSR count). The number of nitrogens with zero attached hydrogens (tertiary/aromatic N) is 2. The van der Waals surface area contributed by atoms with Gasteiger partial charge in [-0.15, -0.1) is 0 Å². The molecule has 2 aliphatic heterocycles. The van der Waals surface area contributed by atoms with Crippen molar-refractivity contribution in [3.8, 4) is 11.5 Å². The summed E-state index contributed by atoms with van der Waals surface area (Å²) in [7, 11) is 0. The number of ether oxygens (including phenoxy) is 2. The number of non-ortho nitro benzene ring substituents is 1. The fourth-order valence-electron chi connectivity index (χ4n) is 4.07. The molecule has 0 unspecified atom stereocenters. The summed E-state index contributed by atoms with van der Waals surface area (Å²) in [5.41, 5.74) is 3.87. The van der Waals surface area contributed by atoms with Crippen LogP contribution in [0.25, 0.3) is 6.08 Å². The summed E-state index contributed by atoms with van der Waals surface area (Å²) in [5.74, 6) is 1.20. The van der Waals surface area contributed by atoms with E-state index in [0.29, 0.717) is 47.5 Å². The van der Waals surface area contributed by atoms with Crippen molar-refractivity contribution in [1.82, 2.24) is 4.90 Å². The molecule has 3 aromatic carbocycles. The number of halogens is 1. The van der Waals surface area contributed by atoms with E-state index in [0.717, 1.165) is 16.7 Å². The van der Waals surface area contributed by atoms with Crippen LogP contribution in [0.5, 0.6) is 11.5 Å². The van der Waals surface area contributed by atoms with Gasteiger partial charge in [0.05, 0.1) is 16.1 Å². The highest BCUT2D eigenvalue weighted by molar-refractivity contribution is 6.30. The number of carbonyl (C=O) groups excluding carboxylic acids is 1. The fourth-order valence-corrected chi connectivity index (χ4v) is 4.19. The number of carbonyl (C=O) groups is 1. The van der Waals surface area contributed by atoms with Gasteiger partial charge in [0, 0.05) is 30.2 Å². The Balaban J connectivity index is 1.43. The van der Waals surface area contributed by atoms with E-state index in [9.17, 15) is 14.9 Å². The SMILES string of the molecule is Cc1cc2c(c3c1C(=O)/C(=C/c1ccc([N+](=O)[O-])cc1)O3)CN(Cc1ccc(Cl)cc1)CO2. The summed E-state index contributed by atoms with van der Waals surface area (Å²) in [4.78, 5) is 25.7. The third-order valence-corrected chi connectivity index (χ3v) is 5.96. The normalized spacial score (nSPS) is 16.2. The zero-order valence-corrected chi connectivity index (χ0v) is 18.5. The Kier molecular flexibility index (Phi) is 5.36. The molecular weight excluding hydrogens is 444 g/mol. The van der Waals surface area contributed by atoms with Crippen LogP contribution in [0.1, 0.15) is 32.6 Å². The smallest absolute Gasteiger partial charge is 0.269 e. The number of nitro groups is 1. The van der Waals surface area contributed by atoms with Gasteiger partial charge < -0.3 is 9.47 Å². The Hall–Kier alpha value is -3.68. The van der Waals surface area contributed by atoms with E-state index in [1.807, 2.05) is 37.3 Å². The second-order valence-corrected chi connectivity index (χ2v) is 8.49. The highest BCUT2D eigenvalue weighted by Gasteiger charge is 2.35. The molecule has 0 radical (unpaired) electrons. The van der Waals surface area contributed by atoms with Gasteiger partial charge in [0.1, 0.15) is 18.2 Å². The summed E-state index contributed by atoms with van der Waals surface area (Å²) in [5, 5.41) is 11.6. The lowest BCUT2D eigenvalue weighted by Crippen LogP contribution is -2.31. The second-order valence-electron chi connectivity index (χ2n) is 8.05. The van der Waals surface area contributed by atoms with E-state index in [-0.39, 0.29) is 17.2 Å². The van der Waals surface area contributed by atoms with Crippen LogP contribution >= 0.6 is 11.6 Å². The maximum Gasteiger partial charge on any atom is 0.269 e. The van der Waals surface area contributed by atoms with E-state index in [4.69, 9.17) is 21.1 Å². The van der Waals surface area contributed by atoms with Crippen LogP contribution in [0, 0.1) is 17.0 Å². The summed E-state index contributed by atoms with van der Waals surface area (Å²) in [6, 6.07) is 15.5. The number of hydrogen-bond acceptors (Lipinski definition) is 6. The second kappa shape index (κ2) is 8.35. The van der Waals surface area contributed by atoms with E-state index < -0.39 is 4.92 Å². The average molecular weight is 463 g/mol. The van der Waals surface area contributed by atoms with Crippen LogP contribution in [0.15, 0.2) is 60.4 Å². The van der Waals surface area contributed by atoms with Crippen molar-refractivity contribution in [3.05, 3.63) is 103 Å². The van der Waals surface area contributed by atoms with E-state index in [2.05, 4.69) is 4.90 Å². The molecule has 2 heterocycles. The first kappa shape index (κ1) is 21.2. The third-order valence-electron chi connectivity index (χ3n) is 5.71. The van der Waals surface area contributed by atoms with E-state index >= 15 is 0 Å². The molecule has 0 aromatic heterocycles. The first-order chi connectivity index (χ1) is 15.9. The number of allylic oxidation sites excluding steroid dienone is 1. The molecule has 0 saturated heterocycles. The summed E-state index contributed by atoms with van der Waals surface area (Å²) in [6.07, 6.45) is 1.60. The molecule has 0 atom stereocenters. The first-order valence-corrected chi connectivity index (χ1v) is 10.7. The number of hydrogen-bond donors (Lipinski definition) is 0. The van der Waals surface area contributed by atoms with Gasteiger partial charge in [-0.05, 0) is 60.0 Å². The molecule has 0 aliphatic carbocycles. The molecule has 7 nitrogen and oxygen atoms in total. The Bertz CT molecular complexity index is 1300. The van der Waals surface area contributed by atoms with Crippen LogP contribution in [0.2, 0.25) is 5.02 Å².